The van der Waals surface area contributed by atoms with E-state index in [0.717, 1.165) is 33.8 Å². The number of nitrogens with two attached hydrogens (primary N) is 4. The summed E-state index contributed by atoms with van der Waals surface area (Å²) in [5.41, 5.74) is 27.6. The molecule has 0 aromatic heterocycles. The van der Waals surface area contributed by atoms with Crippen molar-refractivity contribution < 1.29 is 0 Å². The van der Waals surface area contributed by atoms with E-state index in [4.69, 9.17) is 22.9 Å². The predicted octanol–water partition coefficient (Wildman–Crippen LogP) is 3.58. The second kappa shape index (κ2) is 11.8. The Morgan fingerprint density at radius 1 is 0.625 bits per heavy atom. The molecule has 0 saturated heterocycles. The van der Waals surface area contributed by atoms with Gasteiger partial charge in [0.15, 0.2) is 11.9 Å². The van der Waals surface area contributed by atoms with Crippen LogP contribution in [-0.2, 0) is 0 Å². The van der Waals surface area contributed by atoms with Crippen LogP contribution in [0, 0.1) is 20.8 Å². The molecular formula is C24H30N8. The molecule has 0 spiro atoms. The fourth-order valence-corrected chi connectivity index (χ4v) is 2.67. The number of guanidine groups is 3. The van der Waals surface area contributed by atoms with Crippen molar-refractivity contribution in [3.63, 3.8) is 0 Å². The minimum atomic E-state index is -0.0974. The Bertz CT molecular complexity index is 1130. The maximum atomic E-state index is 5.91. The molecule has 0 aliphatic heterocycles. The van der Waals surface area contributed by atoms with E-state index in [1.54, 1.807) is 0 Å². The number of aryl methyl sites for hydroxylation is 3. The highest BCUT2D eigenvalue weighted by molar-refractivity contribution is 5.95. The van der Waals surface area contributed by atoms with E-state index >= 15 is 0 Å². The third kappa shape index (κ3) is 7.83. The first-order valence-corrected chi connectivity index (χ1v) is 9.98. The van der Waals surface area contributed by atoms with E-state index in [0.29, 0.717) is 5.96 Å². The maximum Gasteiger partial charge on any atom is 0.223 e. The van der Waals surface area contributed by atoms with Gasteiger partial charge in [-0.3, -0.25) is 0 Å². The summed E-state index contributed by atoms with van der Waals surface area (Å²) in [6, 6.07) is 23.4. The van der Waals surface area contributed by atoms with Crippen LogP contribution in [0.25, 0.3) is 0 Å². The maximum absolute atomic E-state index is 5.91. The van der Waals surface area contributed by atoms with E-state index in [1.165, 1.54) is 0 Å². The lowest BCUT2D eigenvalue weighted by atomic mass is 10.2. The third-order valence-corrected chi connectivity index (χ3v) is 4.36. The van der Waals surface area contributed by atoms with Crippen LogP contribution in [0.4, 0.5) is 17.1 Å². The Balaban J connectivity index is 0.000000235. The molecule has 9 N–H and O–H groups in total. The number of aliphatic imine (C=N–C) groups is 3. The minimum Gasteiger partial charge on any atom is -0.370 e. The normalized spacial score (nSPS) is 11.2. The zero-order valence-corrected chi connectivity index (χ0v) is 18.6. The number of benzene rings is 3. The topological polar surface area (TPSA) is 153 Å². The van der Waals surface area contributed by atoms with Crippen molar-refractivity contribution in [3.8, 4) is 0 Å². The van der Waals surface area contributed by atoms with Crippen LogP contribution >= 0.6 is 0 Å². The molecule has 0 saturated carbocycles. The summed E-state index contributed by atoms with van der Waals surface area (Å²) in [4.78, 5) is 12.0. The van der Waals surface area contributed by atoms with Crippen LogP contribution in [-0.4, -0.2) is 17.9 Å². The molecule has 0 radical (unpaired) electrons. The average Bonchev–Trinajstić information content (AvgIpc) is 2.73. The molecule has 0 aliphatic rings. The molecule has 0 unspecified atom stereocenters. The van der Waals surface area contributed by atoms with Crippen LogP contribution in [0.15, 0.2) is 87.8 Å². The van der Waals surface area contributed by atoms with Gasteiger partial charge in [0, 0.05) is 5.69 Å². The van der Waals surface area contributed by atoms with Gasteiger partial charge in [-0.15, -0.1) is 0 Å². The van der Waals surface area contributed by atoms with Gasteiger partial charge in [0.2, 0.25) is 5.96 Å². The zero-order chi connectivity index (χ0) is 23.5. The van der Waals surface area contributed by atoms with E-state index in [2.05, 4.69) is 20.3 Å². The highest BCUT2D eigenvalue weighted by atomic mass is 15.1. The predicted molar refractivity (Wildman–Crippen MR) is 136 cm³/mol. The first kappa shape index (κ1) is 23.9. The lowest BCUT2D eigenvalue weighted by Gasteiger charge is -2.08. The van der Waals surface area contributed by atoms with E-state index in [1.807, 2.05) is 93.6 Å². The van der Waals surface area contributed by atoms with Crippen molar-refractivity contribution in [3.05, 3.63) is 89.5 Å². The summed E-state index contributed by atoms with van der Waals surface area (Å²) >= 11 is 0. The Hall–Kier alpha value is -4.33. The highest BCUT2D eigenvalue weighted by Crippen LogP contribution is 2.18. The molecule has 3 aromatic rings. The highest BCUT2D eigenvalue weighted by Gasteiger charge is 2.00. The largest absolute Gasteiger partial charge is 0.370 e. The van der Waals surface area contributed by atoms with Crippen LogP contribution in [0.1, 0.15) is 16.7 Å². The Morgan fingerprint density at radius 2 is 1.09 bits per heavy atom. The average molecular weight is 431 g/mol. The molecule has 0 fully saturated rings. The van der Waals surface area contributed by atoms with Crippen LogP contribution in [0.5, 0.6) is 0 Å². The molecule has 0 amide bonds. The summed E-state index contributed by atoms with van der Waals surface area (Å²) in [6.45, 7) is 5.98. The van der Waals surface area contributed by atoms with Crippen molar-refractivity contribution in [2.24, 2.45) is 37.9 Å². The molecule has 0 heterocycles. The number of para-hydroxylation sites is 3. The lowest BCUT2D eigenvalue weighted by Crippen LogP contribution is -2.26. The molecule has 32 heavy (non-hydrogen) atoms. The molecule has 0 atom stereocenters. The van der Waals surface area contributed by atoms with Crippen LogP contribution in [0.3, 0.4) is 0 Å². The van der Waals surface area contributed by atoms with Crippen molar-refractivity contribution in [2.75, 3.05) is 5.32 Å². The van der Waals surface area contributed by atoms with Gasteiger partial charge in [0.1, 0.15) is 0 Å². The Kier molecular flexibility index (Phi) is 8.79. The summed E-state index contributed by atoms with van der Waals surface area (Å²) in [7, 11) is 0. The quantitative estimate of drug-likeness (QED) is 0.317. The number of hydrogen-bond donors (Lipinski definition) is 5. The lowest BCUT2D eigenvalue weighted by molar-refractivity contribution is 1.34. The second-order valence-corrected chi connectivity index (χ2v) is 7.02. The van der Waals surface area contributed by atoms with E-state index in [9.17, 15) is 0 Å². The fourth-order valence-electron chi connectivity index (χ4n) is 2.67. The summed E-state index contributed by atoms with van der Waals surface area (Å²) in [5, 5.41) is 3.11. The fraction of sp³-hybridized carbons (Fsp3) is 0.125. The zero-order valence-electron chi connectivity index (χ0n) is 18.6. The SMILES string of the molecule is Cc1ccccc1N=C(N)N=C(N)N.Cc1ccccc1N=C(N)Nc1ccccc1C. The van der Waals surface area contributed by atoms with Crippen molar-refractivity contribution >= 4 is 34.9 Å². The molecule has 166 valence electrons. The summed E-state index contributed by atoms with van der Waals surface area (Å²) in [6.07, 6.45) is 0. The molecular weight excluding hydrogens is 400 g/mol. The van der Waals surface area contributed by atoms with Gasteiger partial charge in [0.25, 0.3) is 0 Å². The van der Waals surface area contributed by atoms with Crippen molar-refractivity contribution in [2.45, 2.75) is 20.8 Å². The van der Waals surface area contributed by atoms with Gasteiger partial charge in [0.05, 0.1) is 11.4 Å². The minimum absolute atomic E-state index is 0.0549. The number of anilines is 1. The standard InChI is InChI=1S/C15H17N3.C9H13N5/c1-11-7-3-5-9-13(11)17-15(16)18-14-10-6-4-8-12(14)2;1-6-4-2-3-5-7(6)13-9(12)14-8(10)11/h3-10H,1-2H3,(H3,16,17,18);2-5H,1H3,(H6,10,11,12,13,14). The van der Waals surface area contributed by atoms with Crippen molar-refractivity contribution in [1.82, 2.24) is 0 Å². The van der Waals surface area contributed by atoms with E-state index < -0.39 is 0 Å². The van der Waals surface area contributed by atoms with Gasteiger partial charge >= 0.3 is 0 Å². The third-order valence-electron chi connectivity index (χ3n) is 4.36. The summed E-state index contributed by atoms with van der Waals surface area (Å²) < 4.78 is 0. The monoisotopic (exact) mass is 430 g/mol. The molecule has 3 rings (SSSR count). The smallest absolute Gasteiger partial charge is 0.223 e. The molecule has 8 heteroatoms. The first-order chi connectivity index (χ1) is 15.3. The van der Waals surface area contributed by atoms with E-state index in [-0.39, 0.29) is 11.9 Å². The first-order valence-electron chi connectivity index (χ1n) is 9.98. The Morgan fingerprint density at radius 3 is 1.59 bits per heavy atom. The van der Waals surface area contributed by atoms with Gasteiger partial charge in [-0.05, 0) is 55.7 Å². The van der Waals surface area contributed by atoms with Crippen LogP contribution < -0.4 is 28.3 Å². The number of hydrogen-bond acceptors (Lipinski definition) is 2. The molecule has 0 bridgehead atoms. The molecule has 0 aliphatic carbocycles. The number of nitrogens with one attached hydrogen (secondary N) is 1. The Labute approximate surface area is 188 Å². The molecule has 8 nitrogen and oxygen atoms in total. The van der Waals surface area contributed by atoms with Gasteiger partial charge in [-0.1, -0.05) is 54.6 Å². The van der Waals surface area contributed by atoms with Gasteiger partial charge in [-0.2, -0.15) is 4.99 Å². The summed E-state index contributed by atoms with van der Waals surface area (Å²) in [5.74, 6) is 0.359. The van der Waals surface area contributed by atoms with Crippen LogP contribution in [0.2, 0.25) is 0 Å². The number of rotatable bonds is 3. The number of nitrogens with zero attached hydrogens (tertiary/aromatic N) is 3. The second-order valence-electron chi connectivity index (χ2n) is 7.02. The molecule has 3 aromatic carbocycles. The van der Waals surface area contributed by atoms with Gasteiger partial charge < -0.3 is 28.3 Å². The van der Waals surface area contributed by atoms with Crippen molar-refractivity contribution in [1.29, 1.82) is 0 Å². The van der Waals surface area contributed by atoms with Gasteiger partial charge in [-0.25, -0.2) is 9.98 Å².